The van der Waals surface area contributed by atoms with Crippen LogP contribution in [0.15, 0.2) is 48.9 Å². The second kappa shape index (κ2) is 8.73. The number of benzene rings is 1. The van der Waals surface area contributed by atoms with E-state index in [2.05, 4.69) is 10.1 Å². The van der Waals surface area contributed by atoms with Gasteiger partial charge >= 0.3 is 6.18 Å². The Kier molecular flexibility index (Phi) is 6.40. The normalized spacial score (nSPS) is 15.8. The van der Waals surface area contributed by atoms with Crippen LogP contribution in [0.25, 0.3) is 0 Å². The van der Waals surface area contributed by atoms with Crippen LogP contribution in [0.1, 0.15) is 44.9 Å². The van der Waals surface area contributed by atoms with E-state index >= 15 is 0 Å². The molecule has 1 atom stereocenters. The molecule has 0 aliphatic carbocycles. The van der Waals surface area contributed by atoms with Gasteiger partial charge in [0.15, 0.2) is 5.78 Å². The van der Waals surface area contributed by atoms with Crippen LogP contribution in [0, 0.1) is 5.82 Å². The molecule has 3 aromatic rings. The molecule has 32 heavy (non-hydrogen) atoms. The minimum absolute atomic E-state index is 0. The molecule has 6 nitrogen and oxygen atoms in total. The van der Waals surface area contributed by atoms with Crippen molar-refractivity contribution in [1.82, 2.24) is 14.8 Å². The summed E-state index contributed by atoms with van der Waals surface area (Å²) in [5, 5.41) is 4.21. The second-order valence-electron chi connectivity index (χ2n) is 7.23. The molecule has 0 saturated heterocycles. The highest BCUT2D eigenvalue weighted by Crippen LogP contribution is 2.35. The quantitative estimate of drug-likeness (QED) is 0.427. The van der Waals surface area contributed by atoms with Gasteiger partial charge in [0.05, 0.1) is 17.8 Å². The Morgan fingerprint density at radius 1 is 1.22 bits per heavy atom. The number of anilines is 1. The number of ketones is 1. The van der Waals surface area contributed by atoms with Crippen LogP contribution in [-0.4, -0.2) is 33.0 Å². The first kappa shape index (κ1) is 23.5. The number of nitrogens with zero attached hydrogens (tertiary/aromatic N) is 4. The second-order valence-corrected chi connectivity index (χ2v) is 7.23. The van der Waals surface area contributed by atoms with Crippen molar-refractivity contribution in [2.45, 2.75) is 25.6 Å². The van der Waals surface area contributed by atoms with Crippen LogP contribution in [0.2, 0.25) is 0 Å². The van der Waals surface area contributed by atoms with E-state index in [-0.39, 0.29) is 49.7 Å². The molecule has 0 fully saturated rings. The fourth-order valence-electron chi connectivity index (χ4n) is 3.58. The zero-order valence-corrected chi connectivity index (χ0v) is 17.7. The number of amides is 1. The fraction of sp³-hybridized carbons (Fsp3) is 0.238. The van der Waals surface area contributed by atoms with Gasteiger partial charge in [-0.05, 0) is 37.3 Å². The lowest BCUT2D eigenvalue weighted by molar-refractivity contribution is -0.139. The van der Waals surface area contributed by atoms with Gasteiger partial charge < -0.3 is 4.90 Å². The van der Waals surface area contributed by atoms with E-state index in [1.54, 1.807) is 19.1 Å². The summed E-state index contributed by atoms with van der Waals surface area (Å²) in [7, 11) is 0. The fourth-order valence-corrected chi connectivity index (χ4v) is 3.58. The highest BCUT2D eigenvalue weighted by atomic mass is 32.1. The van der Waals surface area contributed by atoms with Crippen molar-refractivity contribution in [3.63, 3.8) is 0 Å². The van der Waals surface area contributed by atoms with Crippen molar-refractivity contribution >= 4 is 30.9 Å². The van der Waals surface area contributed by atoms with Gasteiger partial charge in [-0.25, -0.2) is 4.39 Å². The van der Waals surface area contributed by atoms with Crippen molar-refractivity contribution in [1.29, 1.82) is 0 Å². The summed E-state index contributed by atoms with van der Waals surface area (Å²) < 4.78 is 54.1. The standard InChI is InChI=1S/C21H16F4N4O2.H2S/c1-12-11-28(15-4-5-16(17(22)8-15)21(23,24)25)20(31)19-14(10-27-29(12)19)7-18(30)13-3-2-6-26-9-13;/h2-6,8-10,12H,7,11H2,1H3;1H2/t12-;/m0./s1. The van der Waals surface area contributed by atoms with Crippen LogP contribution < -0.4 is 4.90 Å². The van der Waals surface area contributed by atoms with Crippen molar-refractivity contribution in [2.24, 2.45) is 0 Å². The smallest absolute Gasteiger partial charge is 0.305 e. The lowest BCUT2D eigenvalue weighted by Gasteiger charge is -2.32. The molecule has 0 spiro atoms. The van der Waals surface area contributed by atoms with Gasteiger partial charge in [-0.1, -0.05) is 0 Å². The van der Waals surface area contributed by atoms with E-state index in [0.29, 0.717) is 23.3 Å². The highest BCUT2D eigenvalue weighted by Gasteiger charge is 2.37. The largest absolute Gasteiger partial charge is 0.419 e. The minimum atomic E-state index is -4.83. The number of rotatable bonds is 4. The molecule has 3 heterocycles. The van der Waals surface area contributed by atoms with Crippen molar-refractivity contribution in [3.8, 4) is 0 Å². The Labute approximate surface area is 187 Å². The summed E-state index contributed by atoms with van der Waals surface area (Å²) >= 11 is 0. The number of halogens is 4. The topological polar surface area (TPSA) is 68.1 Å². The highest BCUT2D eigenvalue weighted by molar-refractivity contribution is 7.59. The lowest BCUT2D eigenvalue weighted by Crippen LogP contribution is -2.43. The van der Waals surface area contributed by atoms with Gasteiger partial charge in [-0.15, -0.1) is 0 Å². The average Bonchev–Trinajstić information content (AvgIpc) is 3.15. The number of carbonyl (C=O) groups excluding carboxylic acids is 2. The molecular formula is C21H18F4N4O2S. The van der Waals surface area contributed by atoms with Crippen LogP contribution in [-0.2, 0) is 12.6 Å². The molecule has 11 heteroatoms. The number of alkyl halides is 3. The monoisotopic (exact) mass is 466 g/mol. The van der Waals surface area contributed by atoms with E-state index in [1.807, 2.05) is 0 Å². The summed E-state index contributed by atoms with van der Waals surface area (Å²) in [5.74, 6) is -2.29. The van der Waals surface area contributed by atoms with Gasteiger partial charge in [0.1, 0.15) is 11.5 Å². The first-order valence-corrected chi connectivity index (χ1v) is 9.35. The third kappa shape index (κ3) is 4.24. The third-order valence-corrected chi connectivity index (χ3v) is 5.09. The molecule has 4 rings (SSSR count). The minimum Gasteiger partial charge on any atom is -0.305 e. The molecule has 0 bridgehead atoms. The molecule has 2 aromatic heterocycles. The van der Waals surface area contributed by atoms with Crippen molar-refractivity contribution < 1.29 is 27.2 Å². The number of carbonyl (C=O) groups is 2. The number of hydrogen-bond acceptors (Lipinski definition) is 4. The number of fused-ring (bicyclic) bond motifs is 1. The summed E-state index contributed by atoms with van der Waals surface area (Å²) in [5.41, 5.74) is -0.500. The Balaban J connectivity index is 0.00000289. The van der Waals surface area contributed by atoms with Gasteiger partial charge in [0.25, 0.3) is 5.91 Å². The van der Waals surface area contributed by atoms with E-state index in [4.69, 9.17) is 0 Å². The summed E-state index contributed by atoms with van der Waals surface area (Å²) in [6, 6.07) is 5.26. The Morgan fingerprint density at radius 2 is 1.97 bits per heavy atom. The molecule has 1 aliphatic heterocycles. The molecule has 0 saturated carbocycles. The average molecular weight is 466 g/mol. The molecular weight excluding hydrogens is 448 g/mol. The zero-order valence-electron chi connectivity index (χ0n) is 16.7. The maximum absolute atomic E-state index is 14.1. The van der Waals surface area contributed by atoms with E-state index in [9.17, 15) is 27.2 Å². The van der Waals surface area contributed by atoms with Gasteiger partial charge in [-0.3, -0.25) is 19.3 Å². The summed E-state index contributed by atoms with van der Waals surface area (Å²) in [6.45, 7) is 1.86. The number of hydrogen-bond donors (Lipinski definition) is 0. The first-order chi connectivity index (χ1) is 14.7. The Morgan fingerprint density at radius 3 is 2.59 bits per heavy atom. The van der Waals surface area contributed by atoms with Crippen molar-refractivity contribution in [2.75, 3.05) is 11.4 Å². The predicted molar refractivity (Wildman–Crippen MR) is 113 cm³/mol. The Hall–Kier alpha value is -3.21. The zero-order chi connectivity index (χ0) is 22.3. The number of aromatic nitrogens is 3. The third-order valence-electron chi connectivity index (χ3n) is 5.09. The van der Waals surface area contributed by atoms with Crippen molar-refractivity contribution in [3.05, 3.63) is 77.1 Å². The Bertz CT molecular complexity index is 1160. The van der Waals surface area contributed by atoms with E-state index in [0.717, 1.165) is 6.07 Å². The number of Topliss-reactive ketones (excluding diaryl/α,β-unsaturated/α-hetero) is 1. The van der Waals surface area contributed by atoms with Crippen LogP contribution in [0.4, 0.5) is 23.2 Å². The van der Waals surface area contributed by atoms with Gasteiger partial charge in [0.2, 0.25) is 0 Å². The SMILES string of the molecule is C[C@H]1CN(c2ccc(C(F)(F)F)c(F)c2)C(=O)c2c(CC(=O)c3cccnc3)cnn21.S. The van der Waals surface area contributed by atoms with Crippen LogP contribution >= 0.6 is 13.5 Å². The molecule has 0 radical (unpaired) electrons. The molecule has 168 valence electrons. The summed E-state index contributed by atoms with van der Waals surface area (Å²) in [6.07, 6.45) is -0.561. The number of pyridine rings is 1. The predicted octanol–water partition coefficient (Wildman–Crippen LogP) is 4.20. The van der Waals surface area contributed by atoms with Gasteiger partial charge in [-0.2, -0.15) is 31.8 Å². The van der Waals surface area contributed by atoms with E-state index in [1.165, 1.54) is 28.2 Å². The lowest BCUT2D eigenvalue weighted by atomic mass is 10.0. The first-order valence-electron chi connectivity index (χ1n) is 9.35. The van der Waals surface area contributed by atoms with Crippen LogP contribution in [0.5, 0.6) is 0 Å². The molecule has 1 aromatic carbocycles. The maximum atomic E-state index is 14.1. The van der Waals surface area contributed by atoms with E-state index < -0.39 is 23.5 Å². The molecule has 1 amide bonds. The molecule has 0 unspecified atom stereocenters. The van der Waals surface area contributed by atoms with Crippen LogP contribution in [0.3, 0.4) is 0 Å². The summed E-state index contributed by atoms with van der Waals surface area (Å²) in [4.78, 5) is 30.8. The molecule has 0 N–H and O–H groups in total. The molecule has 1 aliphatic rings. The van der Waals surface area contributed by atoms with Gasteiger partial charge in [0, 0.05) is 42.2 Å². The maximum Gasteiger partial charge on any atom is 0.419 e.